The fraction of sp³-hybridized carbons (Fsp3) is 0.452. The highest BCUT2D eigenvalue weighted by Gasteiger charge is 2.38. The van der Waals surface area contributed by atoms with Crippen LogP contribution < -0.4 is 5.32 Å². The van der Waals surface area contributed by atoms with Crippen molar-refractivity contribution in [3.63, 3.8) is 0 Å². The number of esters is 2. The van der Waals surface area contributed by atoms with E-state index < -0.39 is 34.1 Å². The second kappa shape index (κ2) is 13.6. The van der Waals surface area contributed by atoms with Gasteiger partial charge in [0.2, 0.25) is 0 Å². The third-order valence-electron chi connectivity index (χ3n) is 7.80. The van der Waals surface area contributed by atoms with Crippen LogP contribution >= 0.6 is 22.9 Å². The number of hydrogen-bond donors (Lipinski definition) is 1. The molecule has 0 bridgehead atoms. The maximum absolute atomic E-state index is 14.6. The molecule has 9 nitrogen and oxygen atoms in total. The minimum Gasteiger partial charge on any atom is -0.466 e. The first-order valence-electron chi connectivity index (χ1n) is 14.0. The lowest BCUT2D eigenvalue weighted by molar-refractivity contribution is -0.154. The zero-order valence-electron chi connectivity index (χ0n) is 24.2. The van der Waals surface area contributed by atoms with Crippen molar-refractivity contribution >= 4 is 40.7 Å². The fourth-order valence-electron chi connectivity index (χ4n) is 5.39. The van der Waals surface area contributed by atoms with Gasteiger partial charge in [0.15, 0.2) is 22.5 Å². The molecular formula is C31H36ClF2N5O4S. The molecule has 0 saturated heterocycles. The number of rotatable bonds is 9. The number of carbonyl (C=O) groups is 2. The number of ether oxygens (including phenoxy) is 2. The summed E-state index contributed by atoms with van der Waals surface area (Å²) in [6, 6.07) is 1.25. The summed E-state index contributed by atoms with van der Waals surface area (Å²) in [5.74, 6) is -2.99. The van der Waals surface area contributed by atoms with Crippen molar-refractivity contribution in [2.45, 2.75) is 66.5 Å². The summed E-state index contributed by atoms with van der Waals surface area (Å²) in [4.78, 5) is 34.7. The van der Waals surface area contributed by atoms with Crippen molar-refractivity contribution in [1.29, 1.82) is 0 Å². The number of aliphatic imine (C=N–C) groups is 1. The van der Waals surface area contributed by atoms with Gasteiger partial charge in [-0.25, -0.2) is 18.6 Å². The molecule has 0 saturated carbocycles. The number of benzene rings is 1. The molecule has 13 heteroatoms. The number of aryl methyl sites for hydroxylation is 2. The summed E-state index contributed by atoms with van der Waals surface area (Å²) in [7, 11) is 1.26. The van der Waals surface area contributed by atoms with E-state index in [-0.39, 0.29) is 30.5 Å². The van der Waals surface area contributed by atoms with Crippen LogP contribution in [0, 0.1) is 23.0 Å². The van der Waals surface area contributed by atoms with Crippen LogP contribution in [-0.2, 0) is 38.4 Å². The molecule has 3 heterocycles. The zero-order valence-corrected chi connectivity index (χ0v) is 25.8. The topological polar surface area (TPSA) is 108 Å². The van der Waals surface area contributed by atoms with E-state index in [1.807, 2.05) is 24.7 Å². The Labute approximate surface area is 264 Å². The van der Waals surface area contributed by atoms with E-state index in [1.54, 1.807) is 18.5 Å². The van der Waals surface area contributed by atoms with Crippen molar-refractivity contribution in [3.05, 3.63) is 79.7 Å². The summed E-state index contributed by atoms with van der Waals surface area (Å²) in [6.07, 6.45) is 6.03. The van der Waals surface area contributed by atoms with E-state index in [0.717, 1.165) is 17.3 Å². The SMILES string of the molecule is C.CCOC(=O)C(C)(C)CCn1cc2c(n1)CCC(C1=C(C(=O)OC)C(c3ccc(F)c(F)c3Cl)N=C(c3nccs3)N1)C2. The zero-order chi connectivity index (χ0) is 30.9. The molecule has 1 N–H and O–H groups in total. The number of halogens is 3. The summed E-state index contributed by atoms with van der Waals surface area (Å²) in [5.41, 5.74) is 2.20. The summed E-state index contributed by atoms with van der Waals surface area (Å²) < 4.78 is 40.9. The Kier molecular flexibility index (Phi) is 10.2. The van der Waals surface area contributed by atoms with E-state index >= 15 is 0 Å². The van der Waals surface area contributed by atoms with Crippen LogP contribution in [0.4, 0.5) is 8.78 Å². The minimum atomic E-state index is -1.21. The maximum atomic E-state index is 14.6. The predicted octanol–water partition coefficient (Wildman–Crippen LogP) is 6.21. The molecular weight excluding hydrogens is 612 g/mol. The summed E-state index contributed by atoms with van der Waals surface area (Å²) in [5, 5.41) is 10.0. The second-order valence-electron chi connectivity index (χ2n) is 11.1. The predicted molar refractivity (Wildman–Crippen MR) is 164 cm³/mol. The largest absolute Gasteiger partial charge is 0.466 e. The number of aromatic nitrogens is 3. The molecule has 1 aliphatic heterocycles. The third-order valence-corrected chi connectivity index (χ3v) is 8.96. The minimum absolute atomic E-state index is 0. The van der Waals surface area contributed by atoms with E-state index in [9.17, 15) is 18.4 Å². The Balaban J connectivity index is 0.00000442. The van der Waals surface area contributed by atoms with Gasteiger partial charge in [0, 0.05) is 41.5 Å². The molecule has 0 spiro atoms. The van der Waals surface area contributed by atoms with Gasteiger partial charge in [-0.1, -0.05) is 25.1 Å². The molecule has 0 amide bonds. The van der Waals surface area contributed by atoms with Crippen molar-refractivity contribution in [3.8, 4) is 0 Å². The number of nitrogens with one attached hydrogen (secondary N) is 1. The van der Waals surface area contributed by atoms with Crippen molar-refractivity contribution in [1.82, 2.24) is 20.1 Å². The number of methoxy groups -OCH3 is 1. The molecule has 44 heavy (non-hydrogen) atoms. The Morgan fingerprint density at radius 2 is 2.05 bits per heavy atom. The third kappa shape index (κ3) is 6.56. The molecule has 2 aromatic heterocycles. The van der Waals surface area contributed by atoms with Gasteiger partial charge in [-0.15, -0.1) is 11.3 Å². The fourth-order valence-corrected chi connectivity index (χ4v) is 6.24. The number of hydrogen-bond acceptors (Lipinski definition) is 9. The normalized spacial score (nSPS) is 18.1. The van der Waals surface area contributed by atoms with Crippen LogP contribution in [0.25, 0.3) is 0 Å². The van der Waals surface area contributed by atoms with Gasteiger partial charge in [0.1, 0.15) is 6.04 Å². The van der Waals surface area contributed by atoms with Gasteiger partial charge in [-0.2, -0.15) is 5.10 Å². The number of nitrogens with zero attached hydrogens (tertiary/aromatic N) is 4. The Morgan fingerprint density at radius 3 is 2.73 bits per heavy atom. The highest BCUT2D eigenvalue weighted by Crippen LogP contribution is 2.41. The van der Waals surface area contributed by atoms with Crippen LogP contribution in [0.5, 0.6) is 0 Å². The average molecular weight is 648 g/mol. The second-order valence-corrected chi connectivity index (χ2v) is 12.4. The lowest BCUT2D eigenvalue weighted by Crippen LogP contribution is -2.38. The molecule has 1 aromatic carbocycles. The van der Waals surface area contributed by atoms with E-state index in [1.165, 1.54) is 24.5 Å². The van der Waals surface area contributed by atoms with E-state index in [4.69, 9.17) is 31.2 Å². The molecule has 0 fully saturated rings. The highest BCUT2D eigenvalue weighted by atomic mass is 35.5. The van der Waals surface area contributed by atoms with E-state index in [0.29, 0.717) is 55.4 Å². The molecule has 1 aliphatic carbocycles. The number of fused-ring (bicyclic) bond motifs is 1. The van der Waals surface area contributed by atoms with Crippen LogP contribution in [0.15, 0.2) is 46.2 Å². The first-order chi connectivity index (χ1) is 20.5. The van der Waals surface area contributed by atoms with Crippen LogP contribution in [-0.4, -0.2) is 46.3 Å². The van der Waals surface area contributed by atoms with Crippen molar-refractivity contribution < 1.29 is 27.8 Å². The number of thiazole rings is 1. The number of amidine groups is 1. The van der Waals surface area contributed by atoms with Crippen LogP contribution in [0.1, 0.15) is 68.9 Å². The maximum Gasteiger partial charge on any atom is 0.338 e. The number of allylic oxidation sites excluding steroid dienone is 1. The molecule has 236 valence electrons. The lowest BCUT2D eigenvalue weighted by atomic mass is 9.81. The molecule has 2 atom stereocenters. The van der Waals surface area contributed by atoms with Crippen molar-refractivity contribution in [2.24, 2.45) is 16.3 Å². The van der Waals surface area contributed by atoms with Crippen LogP contribution in [0.3, 0.4) is 0 Å². The number of carbonyl (C=O) groups excluding carboxylic acids is 2. The van der Waals surface area contributed by atoms with Gasteiger partial charge in [-0.3, -0.25) is 14.5 Å². The van der Waals surface area contributed by atoms with Crippen LogP contribution in [0.2, 0.25) is 5.02 Å². The summed E-state index contributed by atoms with van der Waals surface area (Å²) >= 11 is 7.64. The Morgan fingerprint density at radius 1 is 1.27 bits per heavy atom. The molecule has 2 aliphatic rings. The monoisotopic (exact) mass is 647 g/mol. The smallest absolute Gasteiger partial charge is 0.338 e. The molecule has 5 rings (SSSR count). The standard InChI is InChI=1S/C30H32ClF2N5O4S.CH4/c1-5-42-29(40)30(2,3)10-12-38-15-17-14-16(6-9-20(17)37-38)24-21(28(39)41-4)25(18-7-8-19(32)23(33)22(18)31)36-26(35-24)27-34-11-13-43-27;/h7-8,11,13,15-16,25H,5-6,9-10,12,14H2,1-4H3,(H,35,36);1H4. The molecule has 0 radical (unpaired) electrons. The van der Waals surface area contributed by atoms with Gasteiger partial charge in [0.25, 0.3) is 0 Å². The molecule has 2 unspecified atom stereocenters. The quantitative estimate of drug-likeness (QED) is 0.217. The van der Waals surface area contributed by atoms with Gasteiger partial charge < -0.3 is 14.8 Å². The first-order valence-corrected chi connectivity index (χ1v) is 15.2. The average Bonchev–Trinajstić information content (AvgIpc) is 3.68. The lowest BCUT2D eigenvalue weighted by Gasteiger charge is -2.32. The van der Waals surface area contributed by atoms with E-state index in [2.05, 4.69) is 10.3 Å². The van der Waals surface area contributed by atoms with Crippen molar-refractivity contribution in [2.75, 3.05) is 13.7 Å². The van der Waals surface area contributed by atoms with Gasteiger partial charge >= 0.3 is 11.9 Å². The summed E-state index contributed by atoms with van der Waals surface area (Å²) in [6.45, 7) is 6.37. The van der Waals surface area contributed by atoms with Gasteiger partial charge in [-0.05, 0) is 58.1 Å². The first kappa shape index (κ1) is 33.3. The highest BCUT2D eigenvalue weighted by molar-refractivity contribution is 7.11. The molecule has 3 aromatic rings. The van der Waals surface area contributed by atoms with Gasteiger partial charge in [0.05, 0.1) is 35.4 Å². The Hall–Kier alpha value is -3.64. The Bertz CT molecular complexity index is 1600.